The second kappa shape index (κ2) is 4.94. The summed E-state index contributed by atoms with van der Waals surface area (Å²) in [6, 6.07) is 0. The minimum absolute atomic E-state index is 0.0391. The first-order valence-corrected chi connectivity index (χ1v) is 6.81. The van der Waals surface area contributed by atoms with Crippen molar-refractivity contribution in [1.29, 1.82) is 0 Å². The summed E-state index contributed by atoms with van der Waals surface area (Å²) in [6.07, 6.45) is 2.33. The van der Waals surface area contributed by atoms with Crippen molar-refractivity contribution in [3.63, 3.8) is 0 Å². The zero-order valence-electron chi connectivity index (χ0n) is 8.77. The lowest BCUT2D eigenvalue weighted by molar-refractivity contribution is -0.142. The molecule has 2 N–H and O–H groups in total. The summed E-state index contributed by atoms with van der Waals surface area (Å²) in [4.78, 5) is 10.8. The molecule has 0 saturated heterocycles. The molecule has 0 heterocycles. The molecule has 5 nitrogen and oxygen atoms in total. The third kappa shape index (κ3) is 3.46. The van der Waals surface area contributed by atoms with Crippen LogP contribution in [0.2, 0.25) is 0 Å². The smallest absolute Gasteiger partial charge is 0.306 e. The number of carboxylic acid groups (broad SMARTS) is 1. The molecule has 1 fully saturated rings. The highest BCUT2D eigenvalue weighted by molar-refractivity contribution is 7.89. The predicted octanol–water partition coefficient (Wildman–Crippen LogP) is 0.427. The minimum atomic E-state index is -3.20. The molecule has 1 aliphatic rings. The van der Waals surface area contributed by atoms with Crippen LogP contribution in [-0.4, -0.2) is 31.8 Å². The van der Waals surface area contributed by atoms with Gasteiger partial charge in [-0.25, -0.2) is 13.1 Å². The van der Waals surface area contributed by atoms with E-state index in [2.05, 4.69) is 4.72 Å². The van der Waals surface area contributed by atoms with E-state index in [-0.39, 0.29) is 24.1 Å². The largest absolute Gasteiger partial charge is 0.481 e. The Morgan fingerprint density at radius 3 is 2.67 bits per heavy atom. The summed E-state index contributed by atoms with van der Waals surface area (Å²) in [6.45, 7) is 1.82. The number of carboxylic acids is 1. The van der Waals surface area contributed by atoms with Gasteiger partial charge in [0.1, 0.15) is 0 Å². The maximum absolute atomic E-state index is 11.2. The summed E-state index contributed by atoms with van der Waals surface area (Å²) in [5.41, 5.74) is 0. The molecule has 0 radical (unpaired) electrons. The van der Waals surface area contributed by atoms with Gasteiger partial charge in [0.2, 0.25) is 10.0 Å². The van der Waals surface area contributed by atoms with Crippen molar-refractivity contribution in [2.75, 3.05) is 12.3 Å². The Bertz CT molecular complexity index is 325. The molecule has 15 heavy (non-hydrogen) atoms. The summed E-state index contributed by atoms with van der Waals surface area (Å²) in [5.74, 6) is -1.21. The van der Waals surface area contributed by atoms with Crippen LogP contribution in [0.1, 0.15) is 26.2 Å². The van der Waals surface area contributed by atoms with E-state index in [0.29, 0.717) is 6.42 Å². The molecule has 0 bridgehead atoms. The van der Waals surface area contributed by atoms with E-state index in [4.69, 9.17) is 5.11 Å². The van der Waals surface area contributed by atoms with Crippen molar-refractivity contribution in [2.45, 2.75) is 26.2 Å². The lowest BCUT2D eigenvalue weighted by atomic mass is 9.97. The third-order valence-corrected chi connectivity index (χ3v) is 4.29. The number of sulfonamides is 1. The Labute approximate surface area is 89.9 Å². The first kappa shape index (κ1) is 12.4. The first-order chi connectivity index (χ1) is 6.96. The Morgan fingerprint density at radius 2 is 2.13 bits per heavy atom. The van der Waals surface area contributed by atoms with Gasteiger partial charge in [-0.05, 0) is 25.7 Å². The van der Waals surface area contributed by atoms with E-state index in [9.17, 15) is 13.2 Å². The summed E-state index contributed by atoms with van der Waals surface area (Å²) in [5, 5.41) is 8.89. The molecule has 6 heteroatoms. The molecule has 88 valence electrons. The van der Waals surface area contributed by atoms with Crippen molar-refractivity contribution in [3.05, 3.63) is 0 Å². The first-order valence-electron chi connectivity index (χ1n) is 5.16. The highest BCUT2D eigenvalue weighted by atomic mass is 32.2. The molecule has 0 aromatic rings. The van der Waals surface area contributed by atoms with Gasteiger partial charge in [-0.15, -0.1) is 0 Å². The molecule has 0 aliphatic heterocycles. The van der Waals surface area contributed by atoms with Gasteiger partial charge in [-0.2, -0.15) is 0 Å². The molecule has 1 rings (SSSR count). The quantitative estimate of drug-likeness (QED) is 0.723. The maximum atomic E-state index is 11.2. The van der Waals surface area contributed by atoms with Crippen LogP contribution in [0.15, 0.2) is 0 Å². The number of rotatable bonds is 5. The molecule has 0 aromatic heterocycles. The summed E-state index contributed by atoms with van der Waals surface area (Å²) in [7, 11) is -3.20. The van der Waals surface area contributed by atoms with Crippen molar-refractivity contribution in [1.82, 2.24) is 4.72 Å². The second-order valence-electron chi connectivity index (χ2n) is 3.89. The Morgan fingerprint density at radius 1 is 1.47 bits per heavy atom. The number of aliphatic carboxylic acids is 1. The van der Waals surface area contributed by atoms with Gasteiger partial charge in [-0.3, -0.25) is 4.79 Å². The fourth-order valence-electron chi connectivity index (χ4n) is 1.94. The topological polar surface area (TPSA) is 83.5 Å². The number of hydrogen-bond donors (Lipinski definition) is 2. The van der Waals surface area contributed by atoms with Crippen LogP contribution in [0, 0.1) is 11.8 Å². The molecule has 1 saturated carbocycles. The van der Waals surface area contributed by atoms with E-state index in [1.165, 1.54) is 0 Å². The third-order valence-electron chi connectivity index (χ3n) is 2.92. The molecular weight excluding hydrogens is 218 g/mol. The Hall–Kier alpha value is -0.620. The van der Waals surface area contributed by atoms with E-state index in [1.807, 2.05) is 0 Å². The van der Waals surface area contributed by atoms with E-state index >= 15 is 0 Å². The summed E-state index contributed by atoms with van der Waals surface area (Å²) < 4.78 is 24.8. The van der Waals surface area contributed by atoms with Gasteiger partial charge in [0, 0.05) is 6.54 Å². The van der Waals surface area contributed by atoms with Gasteiger partial charge in [0.15, 0.2) is 0 Å². The van der Waals surface area contributed by atoms with E-state index in [1.54, 1.807) is 6.92 Å². The number of carbonyl (C=O) groups is 1. The Balaban J connectivity index is 2.48. The monoisotopic (exact) mass is 235 g/mol. The lowest BCUT2D eigenvalue weighted by Crippen LogP contribution is -2.33. The average Bonchev–Trinajstić information content (AvgIpc) is 2.63. The van der Waals surface area contributed by atoms with Crippen LogP contribution in [0.3, 0.4) is 0 Å². The van der Waals surface area contributed by atoms with Crippen LogP contribution in [-0.2, 0) is 14.8 Å². The second-order valence-corrected chi connectivity index (χ2v) is 5.98. The van der Waals surface area contributed by atoms with Crippen molar-refractivity contribution in [2.24, 2.45) is 11.8 Å². The van der Waals surface area contributed by atoms with Crippen LogP contribution in [0.5, 0.6) is 0 Å². The summed E-state index contributed by atoms with van der Waals surface area (Å²) >= 11 is 0. The van der Waals surface area contributed by atoms with Gasteiger partial charge < -0.3 is 5.11 Å². The zero-order valence-corrected chi connectivity index (χ0v) is 9.59. The van der Waals surface area contributed by atoms with E-state index < -0.39 is 16.0 Å². The Kier molecular flexibility index (Phi) is 4.10. The molecule has 1 aliphatic carbocycles. The SMILES string of the molecule is CCS(=O)(=O)NCC1CCCC1C(=O)O. The van der Waals surface area contributed by atoms with Crippen LogP contribution < -0.4 is 4.72 Å². The van der Waals surface area contributed by atoms with E-state index in [0.717, 1.165) is 12.8 Å². The van der Waals surface area contributed by atoms with Crippen LogP contribution in [0.4, 0.5) is 0 Å². The average molecular weight is 235 g/mol. The predicted molar refractivity (Wildman–Crippen MR) is 55.9 cm³/mol. The molecule has 2 atom stereocenters. The zero-order chi connectivity index (χ0) is 11.5. The molecule has 0 spiro atoms. The van der Waals surface area contributed by atoms with Gasteiger partial charge in [-0.1, -0.05) is 6.42 Å². The van der Waals surface area contributed by atoms with Gasteiger partial charge in [0.25, 0.3) is 0 Å². The molecular formula is C9H17NO4S. The highest BCUT2D eigenvalue weighted by Crippen LogP contribution is 2.31. The minimum Gasteiger partial charge on any atom is -0.481 e. The number of nitrogens with one attached hydrogen (secondary N) is 1. The van der Waals surface area contributed by atoms with Crippen molar-refractivity contribution in [3.8, 4) is 0 Å². The lowest BCUT2D eigenvalue weighted by Gasteiger charge is -2.15. The fourth-order valence-corrected chi connectivity index (χ4v) is 2.61. The fraction of sp³-hybridized carbons (Fsp3) is 0.889. The maximum Gasteiger partial charge on any atom is 0.306 e. The molecule has 0 amide bonds. The van der Waals surface area contributed by atoms with Crippen LogP contribution >= 0.6 is 0 Å². The standard InChI is InChI=1S/C9H17NO4S/c1-2-15(13,14)10-6-7-4-3-5-8(7)9(11)12/h7-8,10H,2-6H2,1H3,(H,11,12). The molecule has 2 unspecified atom stereocenters. The number of hydrogen-bond acceptors (Lipinski definition) is 3. The van der Waals surface area contributed by atoms with Gasteiger partial charge >= 0.3 is 5.97 Å². The molecule has 0 aromatic carbocycles. The van der Waals surface area contributed by atoms with Crippen molar-refractivity contribution < 1.29 is 18.3 Å². The van der Waals surface area contributed by atoms with Crippen LogP contribution in [0.25, 0.3) is 0 Å². The van der Waals surface area contributed by atoms with Crippen molar-refractivity contribution >= 4 is 16.0 Å². The normalized spacial score (nSPS) is 26.7. The highest BCUT2D eigenvalue weighted by Gasteiger charge is 2.33. The van der Waals surface area contributed by atoms with Gasteiger partial charge in [0.05, 0.1) is 11.7 Å².